The van der Waals surface area contributed by atoms with Crippen molar-refractivity contribution >= 4 is 11.8 Å². The molecule has 0 saturated heterocycles. The van der Waals surface area contributed by atoms with Gasteiger partial charge >= 0.3 is 5.97 Å². The van der Waals surface area contributed by atoms with Gasteiger partial charge in [-0.2, -0.15) is 0 Å². The van der Waals surface area contributed by atoms with E-state index < -0.39 is 5.97 Å². The summed E-state index contributed by atoms with van der Waals surface area (Å²) in [5.74, 6) is -0.246. The molecule has 0 spiro atoms. The predicted octanol–water partition coefficient (Wildman–Crippen LogP) is 2.86. The quantitative estimate of drug-likeness (QED) is 0.890. The Morgan fingerprint density at radius 1 is 1.50 bits per heavy atom. The molecule has 0 bridgehead atoms. The van der Waals surface area contributed by atoms with Crippen LogP contribution in [0.4, 0.5) is 5.82 Å². The van der Waals surface area contributed by atoms with E-state index in [1.54, 1.807) is 12.3 Å². The van der Waals surface area contributed by atoms with Gasteiger partial charge in [-0.05, 0) is 38.3 Å². The molecule has 1 aromatic heterocycles. The maximum absolute atomic E-state index is 11.4. The number of aromatic nitrogens is 1. The van der Waals surface area contributed by atoms with Gasteiger partial charge in [-0.25, -0.2) is 9.78 Å². The molecule has 98 valence electrons. The fourth-order valence-corrected chi connectivity index (χ4v) is 2.82. The summed E-state index contributed by atoms with van der Waals surface area (Å²) >= 11 is 0. The summed E-state index contributed by atoms with van der Waals surface area (Å²) < 4.78 is 0. The van der Waals surface area contributed by atoms with Gasteiger partial charge in [0.05, 0.1) is 0 Å². The van der Waals surface area contributed by atoms with Crippen molar-refractivity contribution in [1.82, 2.24) is 4.98 Å². The van der Waals surface area contributed by atoms with E-state index in [1.807, 2.05) is 6.92 Å². The van der Waals surface area contributed by atoms with Gasteiger partial charge in [0.1, 0.15) is 11.4 Å². The zero-order valence-electron chi connectivity index (χ0n) is 11.0. The summed E-state index contributed by atoms with van der Waals surface area (Å²) in [5, 5.41) is 9.37. The van der Waals surface area contributed by atoms with Crippen LogP contribution in [0, 0.1) is 6.92 Å². The van der Waals surface area contributed by atoms with Crippen LogP contribution in [0.25, 0.3) is 0 Å². The summed E-state index contributed by atoms with van der Waals surface area (Å²) in [5.41, 5.74) is 1.13. The number of carboxylic acids is 1. The van der Waals surface area contributed by atoms with Crippen molar-refractivity contribution in [3.8, 4) is 0 Å². The third-order valence-electron chi connectivity index (χ3n) is 3.73. The van der Waals surface area contributed by atoms with Gasteiger partial charge in [0, 0.05) is 18.8 Å². The lowest BCUT2D eigenvalue weighted by Gasteiger charge is -2.30. The van der Waals surface area contributed by atoms with E-state index in [0.29, 0.717) is 17.4 Å². The van der Waals surface area contributed by atoms with Gasteiger partial charge in [0.25, 0.3) is 0 Å². The number of nitrogens with zero attached hydrogens (tertiary/aromatic N) is 2. The Kier molecular flexibility index (Phi) is 3.84. The number of anilines is 1. The van der Waals surface area contributed by atoms with Crippen LogP contribution in [0.3, 0.4) is 0 Å². The van der Waals surface area contributed by atoms with Crippen molar-refractivity contribution in [3.05, 3.63) is 23.4 Å². The third-order valence-corrected chi connectivity index (χ3v) is 3.73. The Bertz CT molecular complexity index is 439. The maximum Gasteiger partial charge on any atom is 0.339 e. The third kappa shape index (κ3) is 2.33. The van der Waals surface area contributed by atoms with E-state index in [0.717, 1.165) is 24.9 Å². The number of hydrogen-bond donors (Lipinski definition) is 1. The highest BCUT2D eigenvalue weighted by Crippen LogP contribution is 2.29. The summed E-state index contributed by atoms with van der Waals surface area (Å²) in [6, 6.07) is 2.21. The second kappa shape index (κ2) is 5.38. The van der Waals surface area contributed by atoms with Gasteiger partial charge in [0.2, 0.25) is 0 Å². The van der Waals surface area contributed by atoms with Crippen LogP contribution in [0.2, 0.25) is 0 Å². The predicted molar refractivity (Wildman–Crippen MR) is 71.2 cm³/mol. The number of carboxylic acid groups (broad SMARTS) is 1. The number of hydrogen-bond acceptors (Lipinski definition) is 3. The molecule has 0 amide bonds. The Morgan fingerprint density at radius 2 is 2.17 bits per heavy atom. The molecule has 0 radical (unpaired) electrons. The van der Waals surface area contributed by atoms with Crippen LogP contribution in [-0.4, -0.2) is 28.6 Å². The van der Waals surface area contributed by atoms with Crippen LogP contribution < -0.4 is 4.90 Å². The molecule has 1 heterocycles. The molecule has 1 fully saturated rings. The van der Waals surface area contributed by atoms with Gasteiger partial charge < -0.3 is 10.0 Å². The largest absolute Gasteiger partial charge is 0.478 e. The SMILES string of the molecule is CCN(c1nccc(C)c1C(=O)O)C1CCCC1. The minimum atomic E-state index is -0.882. The molecule has 1 aromatic rings. The van der Waals surface area contributed by atoms with E-state index in [-0.39, 0.29) is 0 Å². The summed E-state index contributed by atoms with van der Waals surface area (Å²) in [6.45, 7) is 4.70. The second-order valence-corrected chi connectivity index (χ2v) is 4.86. The fraction of sp³-hybridized carbons (Fsp3) is 0.571. The molecular weight excluding hydrogens is 228 g/mol. The number of aryl methyl sites for hydroxylation is 1. The minimum Gasteiger partial charge on any atom is -0.478 e. The lowest BCUT2D eigenvalue weighted by molar-refractivity contribution is 0.0696. The summed E-state index contributed by atoms with van der Waals surface area (Å²) in [4.78, 5) is 17.9. The Balaban J connectivity index is 2.41. The zero-order chi connectivity index (χ0) is 13.1. The van der Waals surface area contributed by atoms with E-state index >= 15 is 0 Å². The first-order chi connectivity index (χ1) is 8.65. The highest BCUT2D eigenvalue weighted by atomic mass is 16.4. The first-order valence-electron chi connectivity index (χ1n) is 6.60. The molecule has 4 heteroatoms. The molecule has 1 aliphatic rings. The van der Waals surface area contributed by atoms with Crippen molar-refractivity contribution in [3.63, 3.8) is 0 Å². The standard InChI is InChI=1S/C14H20N2O2/c1-3-16(11-6-4-5-7-11)13-12(14(17)18)10(2)8-9-15-13/h8-9,11H,3-7H2,1-2H3,(H,17,18). The van der Waals surface area contributed by atoms with Gasteiger partial charge in [-0.1, -0.05) is 12.8 Å². The van der Waals surface area contributed by atoms with E-state index in [2.05, 4.69) is 16.8 Å². The lowest BCUT2D eigenvalue weighted by Crippen LogP contribution is -2.35. The Morgan fingerprint density at radius 3 is 2.72 bits per heavy atom. The number of pyridine rings is 1. The molecule has 4 nitrogen and oxygen atoms in total. The van der Waals surface area contributed by atoms with Crippen LogP contribution >= 0.6 is 0 Å². The van der Waals surface area contributed by atoms with Crippen LogP contribution in [-0.2, 0) is 0 Å². The zero-order valence-corrected chi connectivity index (χ0v) is 11.0. The highest BCUT2D eigenvalue weighted by Gasteiger charge is 2.26. The van der Waals surface area contributed by atoms with Crippen LogP contribution in [0.1, 0.15) is 48.5 Å². The molecule has 1 aliphatic carbocycles. The Labute approximate surface area is 108 Å². The number of rotatable bonds is 4. The molecular formula is C14H20N2O2. The average molecular weight is 248 g/mol. The average Bonchev–Trinajstić information content (AvgIpc) is 2.83. The molecule has 0 unspecified atom stereocenters. The smallest absolute Gasteiger partial charge is 0.339 e. The molecule has 0 atom stereocenters. The molecule has 0 aromatic carbocycles. The summed E-state index contributed by atoms with van der Waals surface area (Å²) in [6.07, 6.45) is 6.45. The van der Waals surface area contributed by atoms with Crippen molar-refractivity contribution in [2.45, 2.75) is 45.6 Å². The van der Waals surface area contributed by atoms with Gasteiger partial charge in [-0.15, -0.1) is 0 Å². The van der Waals surface area contributed by atoms with Crippen molar-refractivity contribution < 1.29 is 9.90 Å². The first kappa shape index (κ1) is 12.9. The van der Waals surface area contributed by atoms with Crippen LogP contribution in [0.5, 0.6) is 0 Å². The Hall–Kier alpha value is -1.58. The van der Waals surface area contributed by atoms with Crippen molar-refractivity contribution in [2.75, 3.05) is 11.4 Å². The molecule has 2 rings (SSSR count). The summed E-state index contributed by atoms with van der Waals surface area (Å²) in [7, 11) is 0. The van der Waals surface area contributed by atoms with Gasteiger partial charge in [0.15, 0.2) is 0 Å². The van der Waals surface area contributed by atoms with Crippen molar-refractivity contribution in [1.29, 1.82) is 0 Å². The molecule has 0 aliphatic heterocycles. The monoisotopic (exact) mass is 248 g/mol. The number of carbonyl (C=O) groups is 1. The normalized spacial score (nSPS) is 15.9. The molecule has 1 N–H and O–H groups in total. The topological polar surface area (TPSA) is 53.4 Å². The number of aromatic carboxylic acids is 1. The minimum absolute atomic E-state index is 0.353. The van der Waals surface area contributed by atoms with Crippen LogP contribution in [0.15, 0.2) is 12.3 Å². The molecule has 18 heavy (non-hydrogen) atoms. The van der Waals surface area contributed by atoms with Crippen molar-refractivity contribution in [2.24, 2.45) is 0 Å². The van der Waals surface area contributed by atoms with E-state index in [9.17, 15) is 9.90 Å². The fourth-order valence-electron chi connectivity index (χ4n) is 2.82. The van der Waals surface area contributed by atoms with E-state index in [1.165, 1.54) is 12.8 Å². The second-order valence-electron chi connectivity index (χ2n) is 4.86. The lowest BCUT2D eigenvalue weighted by atomic mass is 10.1. The highest BCUT2D eigenvalue weighted by molar-refractivity contribution is 5.95. The van der Waals surface area contributed by atoms with E-state index in [4.69, 9.17) is 0 Å². The first-order valence-corrected chi connectivity index (χ1v) is 6.60. The molecule has 1 saturated carbocycles. The van der Waals surface area contributed by atoms with Gasteiger partial charge in [-0.3, -0.25) is 0 Å². The maximum atomic E-state index is 11.4.